The van der Waals surface area contributed by atoms with Gasteiger partial charge in [0.1, 0.15) is 10.9 Å². The molecule has 6 heteroatoms. The summed E-state index contributed by atoms with van der Waals surface area (Å²) in [6, 6.07) is 5.51. The summed E-state index contributed by atoms with van der Waals surface area (Å²) in [6.45, 7) is 4.73. The van der Waals surface area contributed by atoms with Crippen LogP contribution in [0, 0.1) is 6.92 Å². The van der Waals surface area contributed by atoms with Gasteiger partial charge in [-0.05, 0) is 26.0 Å². The third-order valence-electron chi connectivity index (χ3n) is 3.84. The van der Waals surface area contributed by atoms with Gasteiger partial charge in [0.05, 0.1) is 5.69 Å². The highest BCUT2D eigenvalue weighted by molar-refractivity contribution is 7.21. The van der Waals surface area contributed by atoms with E-state index in [1.54, 1.807) is 11.8 Å². The van der Waals surface area contributed by atoms with Crippen LogP contribution in [-0.4, -0.2) is 35.8 Å². The molecular formula is C15H17N3O2S. The summed E-state index contributed by atoms with van der Waals surface area (Å²) < 4.78 is 0.996. The Bertz CT molecular complexity index is 738. The molecule has 2 aromatic rings. The summed E-state index contributed by atoms with van der Waals surface area (Å²) in [5, 5.41) is 3.67. The molecule has 0 saturated carbocycles. The molecule has 1 aromatic carbocycles. The van der Waals surface area contributed by atoms with E-state index in [0.29, 0.717) is 23.7 Å². The number of thiophene rings is 1. The second-order valence-electron chi connectivity index (χ2n) is 5.31. The average Bonchev–Trinajstić information content (AvgIpc) is 2.78. The van der Waals surface area contributed by atoms with Crippen LogP contribution in [0.25, 0.3) is 10.1 Å². The Hall–Kier alpha value is -2.08. The number of carbonyl (C=O) groups excluding carboxylic acids is 2. The molecule has 1 aromatic heterocycles. The predicted octanol–water partition coefficient (Wildman–Crippen LogP) is 1.75. The van der Waals surface area contributed by atoms with Gasteiger partial charge in [0, 0.05) is 23.2 Å². The zero-order valence-electron chi connectivity index (χ0n) is 12.0. The lowest BCUT2D eigenvalue weighted by Gasteiger charge is -2.32. The molecule has 3 N–H and O–H groups in total. The highest BCUT2D eigenvalue weighted by atomic mass is 32.1. The van der Waals surface area contributed by atoms with Gasteiger partial charge in [0.2, 0.25) is 5.91 Å². The minimum atomic E-state index is -0.461. The normalized spacial score (nSPS) is 18.9. The van der Waals surface area contributed by atoms with Gasteiger partial charge < -0.3 is 16.0 Å². The van der Waals surface area contributed by atoms with Gasteiger partial charge >= 0.3 is 0 Å². The molecule has 1 aliphatic rings. The number of piperazine rings is 1. The number of nitrogens with zero attached hydrogens (tertiary/aromatic N) is 1. The van der Waals surface area contributed by atoms with Crippen LogP contribution >= 0.6 is 11.3 Å². The highest BCUT2D eigenvalue weighted by Gasteiger charge is 2.31. The first-order valence-electron chi connectivity index (χ1n) is 6.86. The summed E-state index contributed by atoms with van der Waals surface area (Å²) in [6.07, 6.45) is 0. The highest BCUT2D eigenvalue weighted by Crippen LogP contribution is 2.35. The number of nitrogens with two attached hydrogens (primary N) is 1. The molecule has 21 heavy (non-hydrogen) atoms. The fourth-order valence-electron chi connectivity index (χ4n) is 2.58. The summed E-state index contributed by atoms with van der Waals surface area (Å²) >= 11 is 1.39. The number of rotatable bonds is 1. The number of hydrogen-bond acceptors (Lipinski definition) is 4. The van der Waals surface area contributed by atoms with Gasteiger partial charge in [-0.1, -0.05) is 11.6 Å². The van der Waals surface area contributed by atoms with E-state index in [2.05, 4.69) is 5.32 Å². The molecule has 1 atom stereocenters. The van der Waals surface area contributed by atoms with Crippen molar-refractivity contribution in [2.45, 2.75) is 19.9 Å². The van der Waals surface area contributed by atoms with E-state index in [-0.39, 0.29) is 11.8 Å². The largest absolute Gasteiger partial charge is 0.397 e. The van der Waals surface area contributed by atoms with Crippen LogP contribution in [-0.2, 0) is 4.79 Å². The van der Waals surface area contributed by atoms with Crippen molar-refractivity contribution in [2.24, 2.45) is 0 Å². The number of nitrogens with one attached hydrogen (secondary N) is 1. The maximum Gasteiger partial charge on any atom is 0.266 e. The van der Waals surface area contributed by atoms with Crippen molar-refractivity contribution in [3.05, 3.63) is 28.6 Å². The van der Waals surface area contributed by atoms with Gasteiger partial charge in [-0.25, -0.2) is 0 Å². The van der Waals surface area contributed by atoms with Crippen molar-refractivity contribution in [1.82, 2.24) is 10.2 Å². The van der Waals surface area contributed by atoms with Crippen molar-refractivity contribution >= 4 is 38.9 Å². The maximum absolute atomic E-state index is 12.7. The fourth-order valence-corrected chi connectivity index (χ4v) is 3.64. The summed E-state index contributed by atoms with van der Waals surface area (Å²) in [5.74, 6) is -0.279. The van der Waals surface area contributed by atoms with Crippen molar-refractivity contribution in [3.63, 3.8) is 0 Å². The van der Waals surface area contributed by atoms with Gasteiger partial charge in [-0.3, -0.25) is 9.59 Å². The molecule has 1 saturated heterocycles. The Morgan fingerprint density at radius 2 is 2.24 bits per heavy atom. The van der Waals surface area contributed by atoms with Crippen LogP contribution in [0.15, 0.2) is 18.2 Å². The molecule has 1 aliphatic heterocycles. The van der Waals surface area contributed by atoms with Crippen molar-refractivity contribution in [1.29, 1.82) is 0 Å². The Morgan fingerprint density at radius 1 is 1.48 bits per heavy atom. The van der Waals surface area contributed by atoms with E-state index in [4.69, 9.17) is 5.73 Å². The topological polar surface area (TPSA) is 75.4 Å². The summed E-state index contributed by atoms with van der Waals surface area (Å²) in [7, 11) is 0. The van der Waals surface area contributed by atoms with Crippen LogP contribution in [0.1, 0.15) is 22.2 Å². The number of nitrogen functional groups attached to an aromatic ring is 1. The minimum Gasteiger partial charge on any atom is -0.397 e. The number of aryl methyl sites for hydroxylation is 1. The molecule has 110 valence electrons. The maximum atomic E-state index is 12.7. The second kappa shape index (κ2) is 5.04. The van der Waals surface area contributed by atoms with Crippen LogP contribution in [0.3, 0.4) is 0 Å². The van der Waals surface area contributed by atoms with E-state index >= 15 is 0 Å². The molecule has 2 amide bonds. The number of anilines is 1. The third kappa shape index (κ3) is 2.25. The number of benzene rings is 1. The first-order chi connectivity index (χ1) is 9.99. The molecule has 0 aliphatic carbocycles. The molecule has 1 unspecified atom stereocenters. The van der Waals surface area contributed by atoms with E-state index in [1.807, 2.05) is 25.1 Å². The first-order valence-corrected chi connectivity index (χ1v) is 7.68. The lowest BCUT2D eigenvalue weighted by molar-refractivity contribution is -0.127. The van der Waals surface area contributed by atoms with Crippen LogP contribution in [0.4, 0.5) is 5.69 Å². The second-order valence-corrected chi connectivity index (χ2v) is 6.36. The standard InChI is InChI=1S/C15H17N3O2S/c1-8-3-4-11-10(7-8)12(16)13(21-11)15(20)18-6-5-17-14(19)9(18)2/h3-4,7,9H,5-6,16H2,1-2H3,(H,17,19). The van der Waals surface area contributed by atoms with E-state index in [1.165, 1.54) is 11.3 Å². The summed E-state index contributed by atoms with van der Waals surface area (Å²) in [5.41, 5.74) is 7.78. The first kappa shape index (κ1) is 13.9. The SMILES string of the molecule is Cc1ccc2sc(C(=O)N3CCNC(=O)C3C)c(N)c2c1. The number of hydrogen-bond donors (Lipinski definition) is 2. The molecule has 0 bridgehead atoms. The van der Waals surface area contributed by atoms with Crippen molar-refractivity contribution < 1.29 is 9.59 Å². The molecule has 2 heterocycles. The molecular weight excluding hydrogens is 286 g/mol. The molecule has 0 spiro atoms. The van der Waals surface area contributed by atoms with E-state index < -0.39 is 6.04 Å². The lowest BCUT2D eigenvalue weighted by atomic mass is 10.1. The minimum absolute atomic E-state index is 0.120. The Kier molecular flexibility index (Phi) is 3.33. The van der Waals surface area contributed by atoms with Gasteiger partial charge in [0.15, 0.2) is 0 Å². The molecule has 5 nitrogen and oxygen atoms in total. The quantitative estimate of drug-likeness (QED) is 0.843. The van der Waals surface area contributed by atoms with E-state index in [0.717, 1.165) is 15.6 Å². The lowest BCUT2D eigenvalue weighted by Crippen LogP contribution is -2.55. The monoisotopic (exact) mass is 303 g/mol. The van der Waals surface area contributed by atoms with Crippen LogP contribution in [0.2, 0.25) is 0 Å². The van der Waals surface area contributed by atoms with Crippen LogP contribution in [0.5, 0.6) is 0 Å². The number of carbonyl (C=O) groups is 2. The van der Waals surface area contributed by atoms with Gasteiger partial charge in [-0.15, -0.1) is 11.3 Å². The van der Waals surface area contributed by atoms with E-state index in [9.17, 15) is 9.59 Å². The van der Waals surface area contributed by atoms with Gasteiger partial charge in [-0.2, -0.15) is 0 Å². The van der Waals surface area contributed by atoms with Crippen molar-refractivity contribution in [3.8, 4) is 0 Å². The zero-order chi connectivity index (χ0) is 15.1. The Labute approximate surface area is 126 Å². The summed E-state index contributed by atoms with van der Waals surface area (Å²) in [4.78, 5) is 26.5. The third-order valence-corrected chi connectivity index (χ3v) is 5.01. The van der Waals surface area contributed by atoms with Gasteiger partial charge in [0.25, 0.3) is 5.91 Å². The average molecular weight is 303 g/mol. The van der Waals surface area contributed by atoms with Crippen LogP contribution < -0.4 is 11.1 Å². The smallest absolute Gasteiger partial charge is 0.266 e. The molecule has 1 fully saturated rings. The number of amides is 2. The zero-order valence-corrected chi connectivity index (χ0v) is 12.8. The molecule has 0 radical (unpaired) electrons. The Balaban J connectivity index is 2.01. The molecule has 3 rings (SSSR count). The predicted molar refractivity (Wildman–Crippen MR) is 84.5 cm³/mol. The van der Waals surface area contributed by atoms with Crippen molar-refractivity contribution in [2.75, 3.05) is 18.8 Å². The Morgan fingerprint density at radius 3 is 3.00 bits per heavy atom. The fraction of sp³-hybridized carbons (Fsp3) is 0.333. The number of fused-ring (bicyclic) bond motifs is 1.